The number of pyridine rings is 1. The summed E-state index contributed by atoms with van der Waals surface area (Å²) in [5, 5.41) is 3.45. The molecule has 0 radical (unpaired) electrons. The Labute approximate surface area is 166 Å². The number of benzene rings is 1. The molecule has 0 saturated heterocycles. The number of alkyl halides is 1. The van der Waals surface area contributed by atoms with E-state index in [0.29, 0.717) is 17.0 Å². The smallest absolute Gasteiger partial charge is 0.178 e. The SMILES string of the molecule is C=C(N[C@@H](CCl)Cc1ccc(C)cc1C)c1c(Br)cnc2nccnc12. The first kappa shape index (κ1) is 18.8. The van der Waals surface area contributed by atoms with Gasteiger partial charge < -0.3 is 5.32 Å². The summed E-state index contributed by atoms with van der Waals surface area (Å²) >= 11 is 9.79. The van der Waals surface area contributed by atoms with Crippen molar-refractivity contribution in [2.45, 2.75) is 26.3 Å². The molecule has 1 N–H and O–H groups in total. The fraction of sp³-hybridized carbons (Fsp3) is 0.250. The second-order valence-electron chi connectivity index (χ2n) is 6.32. The molecule has 4 nitrogen and oxygen atoms in total. The van der Waals surface area contributed by atoms with Gasteiger partial charge in [-0.15, -0.1) is 11.6 Å². The summed E-state index contributed by atoms with van der Waals surface area (Å²) in [6.07, 6.45) is 5.83. The molecule has 0 amide bonds. The lowest BCUT2D eigenvalue weighted by Gasteiger charge is -2.21. The third-order valence-electron chi connectivity index (χ3n) is 4.29. The molecule has 3 aromatic rings. The molecule has 0 aliphatic carbocycles. The molecule has 6 heteroatoms. The van der Waals surface area contributed by atoms with E-state index in [1.54, 1.807) is 18.6 Å². The third kappa shape index (κ3) is 4.05. The Morgan fingerprint density at radius 3 is 2.73 bits per heavy atom. The van der Waals surface area contributed by atoms with E-state index in [1.165, 1.54) is 16.7 Å². The molecule has 0 aliphatic rings. The lowest BCUT2D eigenvalue weighted by Crippen LogP contribution is -2.31. The molecular weight excluding hydrogens is 412 g/mol. The van der Waals surface area contributed by atoms with Crippen molar-refractivity contribution in [3.05, 3.63) is 70.1 Å². The van der Waals surface area contributed by atoms with Gasteiger partial charge >= 0.3 is 0 Å². The predicted octanol–water partition coefficient (Wildman–Crippen LogP) is 4.81. The zero-order valence-corrected chi connectivity index (χ0v) is 17.1. The molecule has 134 valence electrons. The zero-order chi connectivity index (χ0) is 18.7. The number of rotatable bonds is 6. The van der Waals surface area contributed by atoms with Crippen molar-refractivity contribution in [2.24, 2.45) is 0 Å². The van der Waals surface area contributed by atoms with E-state index in [4.69, 9.17) is 11.6 Å². The van der Waals surface area contributed by atoms with Crippen LogP contribution in [0.3, 0.4) is 0 Å². The van der Waals surface area contributed by atoms with Gasteiger partial charge in [-0.05, 0) is 47.3 Å². The lowest BCUT2D eigenvalue weighted by molar-refractivity contribution is 0.652. The molecule has 0 aliphatic heterocycles. The van der Waals surface area contributed by atoms with Crippen LogP contribution in [0.15, 0.2) is 47.8 Å². The highest BCUT2D eigenvalue weighted by molar-refractivity contribution is 9.10. The molecule has 0 unspecified atom stereocenters. The Balaban J connectivity index is 1.85. The normalized spacial score (nSPS) is 12.2. The molecule has 2 heterocycles. The molecular formula is C20H20BrClN4. The van der Waals surface area contributed by atoms with Crippen LogP contribution in [-0.2, 0) is 6.42 Å². The van der Waals surface area contributed by atoms with Crippen LogP contribution in [0, 0.1) is 13.8 Å². The number of aromatic nitrogens is 3. The monoisotopic (exact) mass is 430 g/mol. The maximum absolute atomic E-state index is 6.23. The number of nitrogens with zero attached hydrogens (tertiary/aromatic N) is 3. The molecule has 26 heavy (non-hydrogen) atoms. The topological polar surface area (TPSA) is 50.7 Å². The Bertz CT molecular complexity index is 958. The van der Waals surface area contributed by atoms with E-state index < -0.39 is 0 Å². The zero-order valence-electron chi connectivity index (χ0n) is 14.8. The van der Waals surface area contributed by atoms with E-state index >= 15 is 0 Å². The largest absolute Gasteiger partial charge is 0.381 e. The first-order chi connectivity index (χ1) is 12.5. The van der Waals surface area contributed by atoms with Crippen molar-refractivity contribution in [1.82, 2.24) is 20.3 Å². The quantitative estimate of drug-likeness (QED) is 0.569. The average Bonchev–Trinajstić information content (AvgIpc) is 2.62. The lowest BCUT2D eigenvalue weighted by atomic mass is 9.99. The van der Waals surface area contributed by atoms with E-state index in [0.717, 1.165) is 22.2 Å². The number of aryl methyl sites for hydroxylation is 2. The Morgan fingerprint density at radius 2 is 2.00 bits per heavy atom. The van der Waals surface area contributed by atoms with Gasteiger partial charge in [0.15, 0.2) is 5.65 Å². The van der Waals surface area contributed by atoms with Gasteiger partial charge in [-0.3, -0.25) is 4.98 Å². The van der Waals surface area contributed by atoms with E-state index in [9.17, 15) is 0 Å². The van der Waals surface area contributed by atoms with Gasteiger partial charge in [0.05, 0.1) is 0 Å². The number of hydrogen-bond donors (Lipinski definition) is 1. The number of fused-ring (bicyclic) bond motifs is 1. The van der Waals surface area contributed by atoms with E-state index in [2.05, 4.69) is 74.8 Å². The van der Waals surface area contributed by atoms with Crippen LogP contribution in [0.2, 0.25) is 0 Å². The van der Waals surface area contributed by atoms with Crippen LogP contribution >= 0.6 is 27.5 Å². The van der Waals surface area contributed by atoms with Crippen molar-refractivity contribution >= 4 is 44.4 Å². The minimum Gasteiger partial charge on any atom is -0.381 e. The van der Waals surface area contributed by atoms with Crippen LogP contribution in [0.25, 0.3) is 16.9 Å². The highest BCUT2D eigenvalue weighted by Crippen LogP contribution is 2.27. The summed E-state index contributed by atoms with van der Waals surface area (Å²) in [4.78, 5) is 13.0. The van der Waals surface area contributed by atoms with Crippen molar-refractivity contribution in [1.29, 1.82) is 0 Å². The molecule has 0 fully saturated rings. The standard InChI is InChI=1S/C20H20BrClN4/c1-12-4-5-15(13(2)8-12)9-16(10-22)26-14(3)18-17(21)11-25-20-19(18)23-6-7-24-20/h4-8,11,16,26H,3,9-10H2,1-2H3/t16-/m1/s1. The maximum Gasteiger partial charge on any atom is 0.178 e. The fourth-order valence-corrected chi connectivity index (χ4v) is 3.70. The summed E-state index contributed by atoms with van der Waals surface area (Å²) in [6, 6.07) is 6.54. The second kappa shape index (κ2) is 8.14. The highest BCUT2D eigenvalue weighted by atomic mass is 79.9. The van der Waals surface area contributed by atoms with Gasteiger partial charge in [0.25, 0.3) is 0 Å². The van der Waals surface area contributed by atoms with Gasteiger partial charge in [-0.1, -0.05) is 30.3 Å². The minimum atomic E-state index is 0.0531. The van der Waals surface area contributed by atoms with Crippen molar-refractivity contribution in [3.63, 3.8) is 0 Å². The van der Waals surface area contributed by atoms with Crippen molar-refractivity contribution in [3.8, 4) is 0 Å². The molecule has 2 aromatic heterocycles. The molecule has 1 aromatic carbocycles. The first-order valence-corrected chi connectivity index (χ1v) is 9.65. The van der Waals surface area contributed by atoms with Crippen LogP contribution < -0.4 is 5.32 Å². The van der Waals surface area contributed by atoms with Crippen molar-refractivity contribution < 1.29 is 0 Å². The molecule has 0 spiro atoms. The minimum absolute atomic E-state index is 0.0531. The molecule has 0 saturated carbocycles. The van der Waals surface area contributed by atoms with Gasteiger partial charge in [-0.25, -0.2) is 9.97 Å². The number of hydrogen-bond acceptors (Lipinski definition) is 4. The van der Waals surface area contributed by atoms with Gasteiger partial charge in [-0.2, -0.15) is 0 Å². The summed E-state index contributed by atoms with van der Waals surface area (Å²) in [5.41, 5.74) is 6.72. The molecule has 1 atom stereocenters. The molecule has 0 bridgehead atoms. The Morgan fingerprint density at radius 1 is 1.23 bits per heavy atom. The maximum atomic E-state index is 6.23. The van der Waals surface area contributed by atoms with Gasteiger partial charge in [0, 0.05) is 46.2 Å². The fourth-order valence-electron chi connectivity index (χ4n) is 2.99. The Hall–Kier alpha value is -1.98. The van der Waals surface area contributed by atoms with Crippen LogP contribution in [0.1, 0.15) is 22.3 Å². The van der Waals surface area contributed by atoms with Gasteiger partial charge in [0.2, 0.25) is 0 Å². The summed E-state index contributed by atoms with van der Waals surface area (Å²) in [6.45, 7) is 8.44. The second-order valence-corrected chi connectivity index (χ2v) is 7.48. The third-order valence-corrected chi connectivity index (χ3v) is 5.26. The van der Waals surface area contributed by atoms with Crippen LogP contribution in [0.5, 0.6) is 0 Å². The van der Waals surface area contributed by atoms with Crippen LogP contribution in [-0.4, -0.2) is 26.9 Å². The van der Waals surface area contributed by atoms with Gasteiger partial charge in [0.1, 0.15) is 5.52 Å². The highest BCUT2D eigenvalue weighted by Gasteiger charge is 2.16. The summed E-state index contributed by atoms with van der Waals surface area (Å²) < 4.78 is 0.822. The summed E-state index contributed by atoms with van der Waals surface area (Å²) in [7, 11) is 0. The number of nitrogens with one attached hydrogen (secondary N) is 1. The first-order valence-electron chi connectivity index (χ1n) is 8.32. The number of halogens is 2. The van der Waals surface area contributed by atoms with Crippen LogP contribution in [0.4, 0.5) is 0 Å². The predicted molar refractivity (Wildman–Crippen MR) is 111 cm³/mol. The van der Waals surface area contributed by atoms with Crippen molar-refractivity contribution in [2.75, 3.05) is 5.88 Å². The summed E-state index contributed by atoms with van der Waals surface area (Å²) in [5.74, 6) is 0.471. The Kier molecular flexibility index (Phi) is 5.89. The average molecular weight is 432 g/mol. The van der Waals surface area contributed by atoms with E-state index in [1.807, 2.05) is 0 Å². The van der Waals surface area contributed by atoms with E-state index in [-0.39, 0.29) is 6.04 Å². The molecule has 3 rings (SSSR count).